The normalized spacial score (nSPS) is 11.0. The van der Waals surface area contributed by atoms with Gasteiger partial charge >= 0.3 is 0 Å². The number of halogens is 1. The minimum Gasteiger partial charge on any atom is -0.508 e. The summed E-state index contributed by atoms with van der Waals surface area (Å²) < 4.78 is 1.92. The molecule has 0 saturated heterocycles. The van der Waals surface area contributed by atoms with E-state index >= 15 is 0 Å². The van der Waals surface area contributed by atoms with Gasteiger partial charge < -0.3 is 10.4 Å². The number of rotatable bonds is 3. The highest BCUT2D eigenvalue weighted by Crippen LogP contribution is 2.34. The largest absolute Gasteiger partial charge is 0.508 e. The van der Waals surface area contributed by atoms with Gasteiger partial charge in [-0.05, 0) is 36.8 Å². The van der Waals surface area contributed by atoms with Gasteiger partial charge in [0.15, 0.2) is 5.65 Å². The summed E-state index contributed by atoms with van der Waals surface area (Å²) in [6.45, 7) is 1.96. The van der Waals surface area contributed by atoms with Crippen molar-refractivity contribution in [2.75, 3.05) is 5.32 Å². The zero-order valence-electron chi connectivity index (χ0n) is 13.4. The van der Waals surface area contributed by atoms with Crippen LogP contribution in [0.4, 0.5) is 11.5 Å². The first-order valence-electron chi connectivity index (χ1n) is 7.77. The van der Waals surface area contributed by atoms with Gasteiger partial charge in [0.05, 0.1) is 6.20 Å². The molecule has 2 N–H and O–H groups in total. The van der Waals surface area contributed by atoms with Crippen LogP contribution in [0, 0.1) is 6.92 Å². The molecule has 6 heteroatoms. The molecule has 0 fully saturated rings. The number of hydrogen-bond donors (Lipinski definition) is 2. The number of nitrogens with zero attached hydrogens (tertiary/aromatic N) is 3. The summed E-state index contributed by atoms with van der Waals surface area (Å²) in [5, 5.41) is 13.9. The number of nitrogens with one attached hydrogen (secondary N) is 1. The molecule has 4 rings (SSSR count). The number of benzene rings is 2. The van der Waals surface area contributed by atoms with Crippen molar-refractivity contribution >= 4 is 28.8 Å². The minimum absolute atomic E-state index is 0.192. The second-order valence-corrected chi connectivity index (χ2v) is 6.11. The summed E-state index contributed by atoms with van der Waals surface area (Å²) in [7, 11) is 0. The van der Waals surface area contributed by atoms with Gasteiger partial charge in [0, 0.05) is 28.7 Å². The fourth-order valence-electron chi connectivity index (χ4n) is 2.75. The van der Waals surface area contributed by atoms with Gasteiger partial charge in [0.25, 0.3) is 0 Å². The topological polar surface area (TPSA) is 62.5 Å². The number of fused-ring (bicyclic) bond motifs is 1. The van der Waals surface area contributed by atoms with Gasteiger partial charge in [0.2, 0.25) is 0 Å². The van der Waals surface area contributed by atoms with Crippen LogP contribution in [0.1, 0.15) is 5.56 Å². The highest BCUT2D eigenvalue weighted by molar-refractivity contribution is 6.31. The summed E-state index contributed by atoms with van der Waals surface area (Å²) in [6, 6.07) is 12.7. The fourth-order valence-corrected chi connectivity index (χ4v) is 2.93. The van der Waals surface area contributed by atoms with E-state index < -0.39 is 0 Å². The highest BCUT2D eigenvalue weighted by atomic mass is 35.5. The van der Waals surface area contributed by atoms with Crippen LogP contribution in [0.5, 0.6) is 5.75 Å². The van der Waals surface area contributed by atoms with Crippen LogP contribution < -0.4 is 5.32 Å². The van der Waals surface area contributed by atoms with Crippen molar-refractivity contribution < 1.29 is 5.11 Å². The maximum absolute atomic E-state index is 9.83. The standard InChI is InChI=1S/C19H15ClN4O/c1-12-15(20)6-3-7-16(12)22-19-18(13-4-2-5-14(25)10-13)23-17-11-21-8-9-24(17)19/h2-11,22,25H,1H3. The van der Waals surface area contributed by atoms with Crippen LogP contribution in [0.15, 0.2) is 61.1 Å². The second kappa shape index (κ2) is 6.11. The quantitative estimate of drug-likeness (QED) is 0.556. The van der Waals surface area contributed by atoms with Crippen LogP contribution in [0.2, 0.25) is 5.02 Å². The Bertz CT molecular complexity index is 1070. The molecule has 25 heavy (non-hydrogen) atoms. The number of phenols is 1. The number of phenolic OH excluding ortho intramolecular Hbond substituents is 1. The Hall–Kier alpha value is -3.05. The van der Waals surface area contributed by atoms with E-state index in [2.05, 4.69) is 15.3 Å². The molecule has 0 aliphatic carbocycles. The summed E-state index contributed by atoms with van der Waals surface area (Å²) in [5.41, 5.74) is 4.10. The molecule has 0 radical (unpaired) electrons. The maximum Gasteiger partial charge on any atom is 0.157 e. The minimum atomic E-state index is 0.192. The van der Waals surface area contributed by atoms with Crippen molar-refractivity contribution in [3.8, 4) is 17.0 Å². The van der Waals surface area contributed by atoms with Crippen LogP contribution in [-0.2, 0) is 0 Å². The van der Waals surface area contributed by atoms with Crippen molar-refractivity contribution in [1.29, 1.82) is 0 Å². The van der Waals surface area contributed by atoms with E-state index in [9.17, 15) is 5.11 Å². The molecular formula is C19H15ClN4O. The van der Waals surface area contributed by atoms with E-state index in [0.717, 1.165) is 28.3 Å². The Kier molecular flexibility index (Phi) is 3.78. The monoisotopic (exact) mass is 350 g/mol. The van der Waals surface area contributed by atoms with E-state index in [4.69, 9.17) is 11.6 Å². The van der Waals surface area contributed by atoms with Gasteiger partial charge in [-0.3, -0.25) is 9.38 Å². The highest BCUT2D eigenvalue weighted by Gasteiger charge is 2.16. The van der Waals surface area contributed by atoms with E-state index in [1.54, 1.807) is 30.6 Å². The van der Waals surface area contributed by atoms with Crippen LogP contribution in [-0.4, -0.2) is 19.5 Å². The van der Waals surface area contributed by atoms with Crippen molar-refractivity contribution in [3.63, 3.8) is 0 Å². The third kappa shape index (κ3) is 2.79. The zero-order valence-corrected chi connectivity index (χ0v) is 14.2. The SMILES string of the molecule is Cc1c(Cl)cccc1Nc1c(-c2cccc(O)c2)nc2cnccn12. The molecule has 2 aromatic heterocycles. The van der Waals surface area contributed by atoms with E-state index in [1.807, 2.05) is 41.8 Å². The van der Waals surface area contributed by atoms with E-state index in [0.29, 0.717) is 10.7 Å². The van der Waals surface area contributed by atoms with Gasteiger partial charge in [-0.2, -0.15) is 0 Å². The van der Waals surface area contributed by atoms with E-state index in [-0.39, 0.29) is 5.75 Å². The lowest BCUT2D eigenvalue weighted by Gasteiger charge is -2.12. The van der Waals surface area contributed by atoms with Crippen LogP contribution in [0.25, 0.3) is 16.9 Å². The molecule has 0 aliphatic rings. The zero-order chi connectivity index (χ0) is 17.4. The molecule has 2 heterocycles. The number of aromatic hydroxyl groups is 1. The van der Waals surface area contributed by atoms with Crippen molar-refractivity contribution in [2.24, 2.45) is 0 Å². The average Bonchev–Trinajstić information content (AvgIpc) is 2.98. The smallest absolute Gasteiger partial charge is 0.157 e. The van der Waals surface area contributed by atoms with Gasteiger partial charge in [-0.15, -0.1) is 0 Å². The van der Waals surface area contributed by atoms with Gasteiger partial charge in [0.1, 0.15) is 17.3 Å². The average molecular weight is 351 g/mol. The predicted molar refractivity (Wildman–Crippen MR) is 99.6 cm³/mol. The maximum atomic E-state index is 9.83. The number of hydrogen-bond acceptors (Lipinski definition) is 4. The number of aromatic nitrogens is 3. The van der Waals surface area contributed by atoms with Gasteiger partial charge in [-0.1, -0.05) is 29.8 Å². The molecule has 2 aromatic carbocycles. The predicted octanol–water partition coefficient (Wildman–Crippen LogP) is 4.81. The number of imidazole rings is 1. The third-order valence-corrected chi connectivity index (χ3v) is 4.48. The molecule has 0 unspecified atom stereocenters. The Labute approximate surface area is 149 Å². The lowest BCUT2D eigenvalue weighted by molar-refractivity contribution is 0.475. The lowest BCUT2D eigenvalue weighted by Crippen LogP contribution is -1.99. The first kappa shape index (κ1) is 15.5. The molecule has 0 saturated carbocycles. The Morgan fingerprint density at radius 1 is 1.16 bits per heavy atom. The molecule has 0 atom stereocenters. The lowest BCUT2D eigenvalue weighted by atomic mass is 10.1. The second-order valence-electron chi connectivity index (χ2n) is 5.70. The third-order valence-electron chi connectivity index (χ3n) is 4.07. The fraction of sp³-hybridized carbons (Fsp3) is 0.0526. The molecule has 0 bridgehead atoms. The molecule has 124 valence electrons. The van der Waals surface area contributed by atoms with Crippen LogP contribution in [0.3, 0.4) is 0 Å². The molecule has 0 spiro atoms. The summed E-state index contributed by atoms with van der Waals surface area (Å²) in [4.78, 5) is 8.80. The first-order chi connectivity index (χ1) is 12.1. The molecule has 4 aromatic rings. The molecular weight excluding hydrogens is 336 g/mol. The van der Waals surface area contributed by atoms with E-state index in [1.165, 1.54) is 0 Å². The Morgan fingerprint density at radius 3 is 2.84 bits per heavy atom. The van der Waals surface area contributed by atoms with Gasteiger partial charge in [-0.25, -0.2) is 4.98 Å². The van der Waals surface area contributed by atoms with Crippen LogP contribution >= 0.6 is 11.6 Å². The summed E-state index contributed by atoms with van der Waals surface area (Å²) in [5.74, 6) is 0.978. The van der Waals surface area contributed by atoms with Crippen molar-refractivity contribution in [3.05, 3.63) is 71.6 Å². The van der Waals surface area contributed by atoms with Crippen molar-refractivity contribution in [2.45, 2.75) is 6.92 Å². The Balaban J connectivity index is 1.92. The number of anilines is 2. The first-order valence-corrected chi connectivity index (χ1v) is 8.15. The Morgan fingerprint density at radius 2 is 2.00 bits per heavy atom. The summed E-state index contributed by atoms with van der Waals surface area (Å²) >= 11 is 6.24. The molecule has 5 nitrogen and oxygen atoms in total. The van der Waals surface area contributed by atoms with Crippen molar-refractivity contribution in [1.82, 2.24) is 14.4 Å². The molecule has 0 amide bonds. The summed E-state index contributed by atoms with van der Waals surface area (Å²) in [6.07, 6.45) is 5.25. The molecule has 0 aliphatic heterocycles.